The van der Waals surface area contributed by atoms with E-state index in [9.17, 15) is 9.18 Å². The molecule has 0 amide bonds. The number of benzene rings is 2. The minimum absolute atomic E-state index is 0.0427. The molecule has 1 atom stereocenters. The van der Waals surface area contributed by atoms with Crippen LogP contribution in [0, 0.1) is 5.82 Å². The molecular weight excluding hydrogens is 367 g/mol. The summed E-state index contributed by atoms with van der Waals surface area (Å²) in [5, 5.41) is 1.50. The molecule has 7 nitrogen and oxygen atoms in total. The first kappa shape index (κ1) is 19.2. The molecule has 0 radical (unpaired) electrons. The molecule has 0 spiro atoms. The Labute approximate surface area is 160 Å². The van der Waals surface area contributed by atoms with Gasteiger partial charge in [-0.1, -0.05) is 0 Å². The van der Waals surface area contributed by atoms with Gasteiger partial charge in [0.25, 0.3) is 0 Å². The molecule has 0 saturated carbocycles. The molecule has 3 rings (SSSR count). The molecule has 1 aromatic heterocycles. The molecule has 0 aliphatic carbocycles. The monoisotopic (exact) mass is 386 g/mol. The molecule has 2 N–H and O–H groups in total. The number of pyridine rings is 1. The minimum Gasteiger partial charge on any atom is -0.493 e. The van der Waals surface area contributed by atoms with Gasteiger partial charge in [-0.15, -0.1) is 0 Å². The first-order valence-electron chi connectivity index (χ1n) is 8.28. The molecule has 8 heteroatoms. The molecule has 0 saturated heterocycles. The number of nitrogens with zero attached hydrogens (tertiary/aromatic N) is 1. The van der Waals surface area contributed by atoms with Crippen molar-refractivity contribution in [2.75, 3.05) is 27.1 Å². The van der Waals surface area contributed by atoms with Gasteiger partial charge in [-0.3, -0.25) is 0 Å². The van der Waals surface area contributed by atoms with Crippen LogP contribution in [0.25, 0.3) is 10.8 Å². The summed E-state index contributed by atoms with van der Waals surface area (Å²) >= 11 is 0. The topological polar surface area (TPSA) is 92.9 Å². The van der Waals surface area contributed by atoms with E-state index in [4.69, 9.17) is 24.7 Å². The summed E-state index contributed by atoms with van der Waals surface area (Å²) in [5.41, 5.74) is 5.80. The molecule has 28 heavy (non-hydrogen) atoms. The number of hydrogen-bond acceptors (Lipinski definition) is 7. The van der Waals surface area contributed by atoms with E-state index < -0.39 is 17.9 Å². The van der Waals surface area contributed by atoms with E-state index in [1.165, 1.54) is 27.4 Å². The highest BCUT2D eigenvalue weighted by Gasteiger charge is 2.29. The van der Waals surface area contributed by atoms with Crippen molar-refractivity contribution in [1.29, 1.82) is 0 Å². The molecule has 1 unspecified atom stereocenters. The van der Waals surface area contributed by atoms with Crippen LogP contribution < -0.4 is 19.9 Å². The largest absolute Gasteiger partial charge is 0.493 e. The normalized spacial score (nSPS) is 11.7. The zero-order valence-corrected chi connectivity index (χ0v) is 15.6. The van der Waals surface area contributed by atoms with Crippen LogP contribution in [0.4, 0.5) is 10.2 Å². The van der Waals surface area contributed by atoms with Crippen LogP contribution in [0.3, 0.4) is 0 Å². The zero-order chi connectivity index (χ0) is 20.3. The number of halogens is 1. The van der Waals surface area contributed by atoms with Crippen LogP contribution in [0.15, 0.2) is 42.6 Å². The summed E-state index contributed by atoms with van der Waals surface area (Å²) in [6, 6.07) is 9.24. The van der Waals surface area contributed by atoms with Crippen LogP contribution in [0.2, 0.25) is 0 Å². The van der Waals surface area contributed by atoms with Crippen molar-refractivity contribution in [2.24, 2.45) is 0 Å². The Morgan fingerprint density at radius 3 is 2.46 bits per heavy atom. The van der Waals surface area contributed by atoms with Gasteiger partial charge in [0.2, 0.25) is 6.10 Å². The van der Waals surface area contributed by atoms with Gasteiger partial charge >= 0.3 is 5.97 Å². The first-order valence-corrected chi connectivity index (χ1v) is 8.28. The molecule has 2 aromatic carbocycles. The van der Waals surface area contributed by atoms with Crippen LogP contribution >= 0.6 is 0 Å². The summed E-state index contributed by atoms with van der Waals surface area (Å²) in [6.45, 7) is 0. The van der Waals surface area contributed by atoms with Gasteiger partial charge in [0.15, 0.2) is 11.5 Å². The van der Waals surface area contributed by atoms with E-state index in [0.717, 1.165) is 16.8 Å². The number of aromatic nitrogens is 1. The lowest BCUT2D eigenvalue weighted by molar-refractivity contribution is -0.149. The molecule has 0 aliphatic heterocycles. The van der Waals surface area contributed by atoms with E-state index in [1.54, 1.807) is 30.5 Å². The number of carbonyl (C=O) groups excluding carboxylic acids is 1. The van der Waals surface area contributed by atoms with Crippen molar-refractivity contribution < 1.29 is 28.1 Å². The Morgan fingerprint density at radius 2 is 1.79 bits per heavy atom. The fraction of sp³-hybridized carbons (Fsp3) is 0.200. The van der Waals surface area contributed by atoms with Crippen molar-refractivity contribution in [2.45, 2.75) is 6.10 Å². The molecule has 146 valence electrons. The number of hydrogen-bond donors (Lipinski definition) is 1. The fourth-order valence-corrected chi connectivity index (χ4v) is 2.81. The van der Waals surface area contributed by atoms with Crippen molar-refractivity contribution in [3.8, 4) is 17.2 Å². The highest BCUT2D eigenvalue weighted by Crippen LogP contribution is 2.35. The maximum absolute atomic E-state index is 14.7. The summed E-state index contributed by atoms with van der Waals surface area (Å²) in [4.78, 5) is 16.3. The fourth-order valence-electron chi connectivity index (χ4n) is 2.81. The lowest BCUT2D eigenvalue weighted by atomic mass is 10.1. The average Bonchev–Trinajstić information content (AvgIpc) is 2.71. The quantitative estimate of drug-likeness (QED) is 0.650. The van der Waals surface area contributed by atoms with Gasteiger partial charge in [0, 0.05) is 23.2 Å². The lowest BCUT2D eigenvalue weighted by Gasteiger charge is -2.20. The smallest absolute Gasteiger partial charge is 0.351 e. The third kappa shape index (κ3) is 3.62. The Bertz CT molecular complexity index is 1020. The van der Waals surface area contributed by atoms with Crippen LogP contribution in [-0.2, 0) is 9.53 Å². The Kier molecular flexibility index (Phi) is 5.49. The number of anilines is 1. The molecule has 1 heterocycles. The van der Waals surface area contributed by atoms with Gasteiger partial charge in [-0.05, 0) is 35.7 Å². The van der Waals surface area contributed by atoms with E-state index in [-0.39, 0.29) is 17.1 Å². The maximum atomic E-state index is 14.7. The number of carbonyl (C=O) groups is 1. The standard InChI is InChI=1S/C20H19FN2O5/c1-25-16-9-14(15(21)10-17(16)26-2)18(20(24)27-3)28-12-4-5-13-11(8-12)6-7-23-19(13)22/h4-10,18H,1-3H3,(H2,22,23). The first-order chi connectivity index (χ1) is 13.5. The van der Waals surface area contributed by atoms with Crippen molar-refractivity contribution in [3.05, 3.63) is 54.0 Å². The Morgan fingerprint density at radius 1 is 1.07 bits per heavy atom. The highest BCUT2D eigenvalue weighted by atomic mass is 19.1. The maximum Gasteiger partial charge on any atom is 0.351 e. The third-order valence-corrected chi connectivity index (χ3v) is 4.22. The number of fused-ring (bicyclic) bond motifs is 1. The summed E-state index contributed by atoms with van der Waals surface area (Å²) in [7, 11) is 4.00. The average molecular weight is 386 g/mol. The second kappa shape index (κ2) is 7.99. The third-order valence-electron chi connectivity index (χ3n) is 4.22. The lowest BCUT2D eigenvalue weighted by Crippen LogP contribution is -2.21. The number of rotatable bonds is 6. The van der Waals surface area contributed by atoms with Gasteiger partial charge < -0.3 is 24.7 Å². The second-order valence-electron chi connectivity index (χ2n) is 5.83. The van der Waals surface area contributed by atoms with Crippen LogP contribution in [-0.4, -0.2) is 32.3 Å². The zero-order valence-electron chi connectivity index (χ0n) is 15.6. The number of nitrogens with two attached hydrogens (primary N) is 1. The van der Waals surface area contributed by atoms with E-state index in [1.807, 2.05) is 0 Å². The molecule has 3 aromatic rings. The number of esters is 1. The van der Waals surface area contributed by atoms with Crippen LogP contribution in [0.1, 0.15) is 11.7 Å². The number of ether oxygens (including phenoxy) is 4. The number of nitrogen functional groups attached to an aromatic ring is 1. The Hall–Kier alpha value is -3.55. The van der Waals surface area contributed by atoms with Gasteiger partial charge in [-0.2, -0.15) is 0 Å². The van der Waals surface area contributed by atoms with E-state index in [2.05, 4.69) is 4.98 Å². The Balaban J connectivity index is 2.03. The van der Waals surface area contributed by atoms with Crippen molar-refractivity contribution >= 4 is 22.6 Å². The molecule has 0 bridgehead atoms. The summed E-state index contributed by atoms with van der Waals surface area (Å²) < 4.78 is 35.5. The molecule has 0 aliphatic rings. The van der Waals surface area contributed by atoms with E-state index in [0.29, 0.717) is 11.6 Å². The molecular formula is C20H19FN2O5. The van der Waals surface area contributed by atoms with Gasteiger partial charge in [0.1, 0.15) is 17.4 Å². The highest BCUT2D eigenvalue weighted by molar-refractivity contribution is 5.91. The summed E-state index contributed by atoms with van der Waals surface area (Å²) in [6.07, 6.45) is 0.217. The van der Waals surface area contributed by atoms with Crippen molar-refractivity contribution in [3.63, 3.8) is 0 Å². The minimum atomic E-state index is -1.35. The van der Waals surface area contributed by atoms with Gasteiger partial charge in [0.05, 0.1) is 21.3 Å². The van der Waals surface area contributed by atoms with E-state index >= 15 is 0 Å². The predicted molar refractivity (Wildman–Crippen MR) is 101 cm³/mol. The van der Waals surface area contributed by atoms with Crippen LogP contribution in [0.5, 0.6) is 17.2 Å². The predicted octanol–water partition coefficient (Wildman–Crippen LogP) is 3.27. The summed E-state index contributed by atoms with van der Waals surface area (Å²) in [5.74, 6) is -0.292. The molecule has 0 fully saturated rings. The van der Waals surface area contributed by atoms with Gasteiger partial charge in [-0.25, -0.2) is 14.2 Å². The SMILES string of the molecule is COC(=O)C(Oc1ccc2c(N)nccc2c1)c1cc(OC)c(OC)cc1F. The second-order valence-corrected chi connectivity index (χ2v) is 5.83. The number of methoxy groups -OCH3 is 3. The van der Waals surface area contributed by atoms with Crippen molar-refractivity contribution in [1.82, 2.24) is 4.98 Å².